The van der Waals surface area contributed by atoms with Gasteiger partial charge in [-0.15, -0.1) is 12.6 Å². The second kappa shape index (κ2) is 5.67. The van der Waals surface area contributed by atoms with Crippen molar-refractivity contribution in [2.24, 2.45) is 0 Å². The molecule has 0 saturated carbocycles. The molecule has 0 aliphatic rings. The molecule has 5 heteroatoms. The molecule has 2 rings (SSSR count). The van der Waals surface area contributed by atoms with Gasteiger partial charge in [-0.2, -0.15) is 0 Å². The number of carbonyl (C=O) groups is 1. The molecule has 0 heterocycles. The van der Waals surface area contributed by atoms with E-state index in [4.69, 9.17) is 0 Å². The number of rotatable bonds is 4. The van der Waals surface area contributed by atoms with Gasteiger partial charge < -0.3 is 0 Å². The van der Waals surface area contributed by atoms with Crippen LogP contribution in [-0.2, 0) is 6.42 Å². The highest BCUT2D eigenvalue weighted by atomic mass is 32.1. The molecule has 0 bridgehead atoms. The van der Waals surface area contributed by atoms with E-state index in [2.05, 4.69) is 12.6 Å². The van der Waals surface area contributed by atoms with Crippen molar-refractivity contribution in [3.05, 3.63) is 69.3 Å². The Morgan fingerprint density at radius 2 is 1.89 bits per heavy atom. The smallest absolute Gasteiger partial charge is 0.271 e. The van der Waals surface area contributed by atoms with Crippen molar-refractivity contribution >= 4 is 24.6 Å². The van der Waals surface area contributed by atoms with Gasteiger partial charge in [0, 0.05) is 22.6 Å². The molecule has 0 unspecified atom stereocenters. The van der Waals surface area contributed by atoms with Crippen LogP contribution in [0.15, 0.2) is 47.4 Å². The van der Waals surface area contributed by atoms with E-state index >= 15 is 0 Å². The number of nitro benzene ring substituents is 1. The summed E-state index contributed by atoms with van der Waals surface area (Å²) in [7, 11) is 0. The largest absolute Gasteiger partial charge is 0.298 e. The molecule has 2 aromatic rings. The topological polar surface area (TPSA) is 60.2 Å². The van der Waals surface area contributed by atoms with Gasteiger partial charge in [-0.25, -0.2) is 0 Å². The molecular formula is C14H11NO3S. The van der Waals surface area contributed by atoms with Gasteiger partial charge in [-0.05, 0) is 17.5 Å². The Morgan fingerprint density at radius 3 is 2.47 bits per heavy atom. The quantitative estimate of drug-likeness (QED) is 0.402. The predicted octanol–water partition coefficient (Wildman–Crippen LogP) is 3.29. The van der Waals surface area contributed by atoms with Crippen molar-refractivity contribution in [3.63, 3.8) is 0 Å². The van der Waals surface area contributed by atoms with Crippen molar-refractivity contribution in [3.8, 4) is 0 Å². The lowest BCUT2D eigenvalue weighted by Crippen LogP contribution is -1.99. The lowest BCUT2D eigenvalue weighted by atomic mass is 9.99. The fourth-order valence-electron chi connectivity index (χ4n) is 1.87. The number of nitro groups is 1. The van der Waals surface area contributed by atoms with Gasteiger partial charge in [0.25, 0.3) is 5.69 Å². The fraction of sp³-hybridized carbons (Fsp3) is 0.0714. The van der Waals surface area contributed by atoms with E-state index < -0.39 is 4.92 Å². The summed E-state index contributed by atoms with van der Waals surface area (Å²) < 4.78 is 0. The van der Waals surface area contributed by atoms with Crippen LogP contribution in [0.5, 0.6) is 0 Å². The van der Waals surface area contributed by atoms with Gasteiger partial charge in [0.05, 0.1) is 4.92 Å². The van der Waals surface area contributed by atoms with Gasteiger partial charge in [0.1, 0.15) is 0 Å². The van der Waals surface area contributed by atoms with Crippen molar-refractivity contribution in [2.75, 3.05) is 0 Å². The minimum absolute atomic E-state index is 0.121. The van der Waals surface area contributed by atoms with E-state index in [-0.39, 0.29) is 5.69 Å². The van der Waals surface area contributed by atoms with Gasteiger partial charge >= 0.3 is 0 Å². The maximum atomic E-state index is 11.1. The summed E-state index contributed by atoms with van der Waals surface area (Å²) in [5.74, 6) is 0. The van der Waals surface area contributed by atoms with Crippen LogP contribution in [0, 0.1) is 10.1 Å². The van der Waals surface area contributed by atoms with E-state index in [0.717, 1.165) is 5.56 Å². The molecule has 0 aliphatic heterocycles. The summed E-state index contributed by atoms with van der Waals surface area (Å²) in [5, 5.41) is 10.7. The first kappa shape index (κ1) is 13.3. The van der Waals surface area contributed by atoms with Gasteiger partial charge in [-0.3, -0.25) is 14.9 Å². The van der Waals surface area contributed by atoms with E-state index in [1.54, 1.807) is 0 Å². The zero-order valence-electron chi connectivity index (χ0n) is 9.95. The monoisotopic (exact) mass is 273 g/mol. The molecule has 0 radical (unpaired) electrons. The van der Waals surface area contributed by atoms with Crippen LogP contribution in [0.1, 0.15) is 21.5 Å². The molecule has 4 nitrogen and oxygen atoms in total. The second-order valence-corrected chi connectivity index (χ2v) is 4.55. The molecule has 19 heavy (non-hydrogen) atoms. The Hall–Kier alpha value is -2.14. The van der Waals surface area contributed by atoms with Gasteiger partial charge in [0.2, 0.25) is 0 Å². The molecule has 0 fully saturated rings. The highest BCUT2D eigenvalue weighted by Crippen LogP contribution is 2.26. The lowest BCUT2D eigenvalue weighted by molar-refractivity contribution is -0.385. The van der Waals surface area contributed by atoms with Crippen molar-refractivity contribution < 1.29 is 9.72 Å². The third kappa shape index (κ3) is 3.00. The predicted molar refractivity (Wildman–Crippen MR) is 75.0 cm³/mol. The van der Waals surface area contributed by atoms with Crippen LogP contribution in [0.2, 0.25) is 0 Å². The molecule has 0 N–H and O–H groups in total. The summed E-state index contributed by atoms with van der Waals surface area (Å²) in [6.07, 6.45) is 1.15. The summed E-state index contributed by atoms with van der Waals surface area (Å²) in [4.78, 5) is 21.8. The first-order valence-corrected chi connectivity index (χ1v) is 6.06. The molecule has 96 valence electrons. The van der Waals surface area contributed by atoms with Crippen LogP contribution in [-0.4, -0.2) is 11.2 Å². The van der Waals surface area contributed by atoms with Crippen LogP contribution in [0.4, 0.5) is 5.69 Å². The first-order chi connectivity index (χ1) is 9.11. The molecular weight excluding hydrogens is 262 g/mol. The Bertz CT molecular complexity index is 626. The molecule has 0 aromatic heterocycles. The Kier molecular flexibility index (Phi) is 3.97. The maximum absolute atomic E-state index is 11.1. The fourth-order valence-corrected chi connectivity index (χ4v) is 2.21. The minimum Gasteiger partial charge on any atom is -0.298 e. The SMILES string of the molecule is O=Cc1cc([N+](=O)[O-])cc(S)c1Cc1ccccc1. The average molecular weight is 273 g/mol. The number of hydrogen-bond acceptors (Lipinski definition) is 4. The number of aldehydes is 1. The van der Waals surface area contributed by atoms with Crippen LogP contribution in [0.3, 0.4) is 0 Å². The highest BCUT2D eigenvalue weighted by Gasteiger charge is 2.14. The first-order valence-electron chi connectivity index (χ1n) is 5.61. The summed E-state index contributed by atoms with van der Waals surface area (Å²) in [5.41, 5.74) is 1.91. The van der Waals surface area contributed by atoms with Crippen molar-refractivity contribution in [1.29, 1.82) is 0 Å². The van der Waals surface area contributed by atoms with Gasteiger partial charge in [0.15, 0.2) is 6.29 Å². The number of benzene rings is 2. The Balaban J connectivity index is 2.45. The highest BCUT2D eigenvalue weighted by molar-refractivity contribution is 7.80. The summed E-state index contributed by atoms with van der Waals surface area (Å²) in [6.45, 7) is 0. The Labute approximate surface area is 115 Å². The van der Waals surface area contributed by atoms with E-state index in [1.807, 2.05) is 30.3 Å². The average Bonchev–Trinajstić information content (AvgIpc) is 2.41. The number of non-ortho nitro benzene ring substituents is 1. The minimum atomic E-state index is -0.529. The molecule has 2 aromatic carbocycles. The number of carbonyl (C=O) groups excluding carboxylic acids is 1. The van der Waals surface area contributed by atoms with E-state index in [1.165, 1.54) is 12.1 Å². The summed E-state index contributed by atoms with van der Waals surface area (Å²) >= 11 is 4.25. The molecule has 0 amide bonds. The van der Waals surface area contributed by atoms with Crippen LogP contribution >= 0.6 is 12.6 Å². The standard InChI is InChI=1S/C14H11NO3S/c16-9-11-7-12(15(17)18)8-14(19)13(11)6-10-4-2-1-3-5-10/h1-5,7-9,19H,6H2. The van der Waals surface area contributed by atoms with Crippen LogP contribution in [0.25, 0.3) is 0 Å². The number of thiol groups is 1. The summed E-state index contributed by atoms with van der Waals surface area (Å²) in [6, 6.07) is 12.2. The third-order valence-electron chi connectivity index (χ3n) is 2.81. The second-order valence-electron chi connectivity index (χ2n) is 4.07. The molecule has 0 atom stereocenters. The van der Waals surface area contributed by atoms with Crippen molar-refractivity contribution in [1.82, 2.24) is 0 Å². The molecule has 0 saturated heterocycles. The van der Waals surface area contributed by atoms with Crippen molar-refractivity contribution in [2.45, 2.75) is 11.3 Å². The zero-order chi connectivity index (χ0) is 13.8. The maximum Gasteiger partial charge on any atom is 0.271 e. The molecule has 0 aliphatic carbocycles. The number of nitrogens with zero attached hydrogens (tertiary/aromatic N) is 1. The zero-order valence-corrected chi connectivity index (χ0v) is 10.8. The lowest BCUT2D eigenvalue weighted by Gasteiger charge is -2.08. The third-order valence-corrected chi connectivity index (χ3v) is 3.21. The Morgan fingerprint density at radius 1 is 1.21 bits per heavy atom. The normalized spacial score (nSPS) is 10.2. The van der Waals surface area contributed by atoms with E-state index in [9.17, 15) is 14.9 Å². The van der Waals surface area contributed by atoms with E-state index in [0.29, 0.717) is 28.7 Å². The number of hydrogen-bond donors (Lipinski definition) is 1. The molecule has 0 spiro atoms. The van der Waals surface area contributed by atoms with Gasteiger partial charge in [-0.1, -0.05) is 30.3 Å². The van der Waals surface area contributed by atoms with Crippen LogP contribution < -0.4 is 0 Å².